The SMILES string of the molecule is Cc1cc(CNC(=O)/C=C/c2ccc(CF)nc2NC(C)C)cc(F)c1NS(C)(=O)=O. The van der Waals surface area contributed by atoms with E-state index in [0.717, 1.165) is 12.3 Å². The minimum atomic E-state index is -3.61. The van der Waals surface area contributed by atoms with E-state index in [1.807, 2.05) is 13.8 Å². The quantitative estimate of drug-likeness (QED) is 0.506. The Morgan fingerprint density at radius 2 is 1.97 bits per heavy atom. The molecule has 0 atom stereocenters. The summed E-state index contributed by atoms with van der Waals surface area (Å²) in [5, 5.41) is 5.75. The number of nitrogens with one attached hydrogen (secondary N) is 3. The number of carbonyl (C=O) groups is 1. The van der Waals surface area contributed by atoms with Crippen LogP contribution in [-0.4, -0.2) is 31.6 Å². The van der Waals surface area contributed by atoms with Crippen LogP contribution >= 0.6 is 0 Å². The van der Waals surface area contributed by atoms with Crippen LogP contribution in [0.25, 0.3) is 6.08 Å². The second-order valence-corrected chi connectivity index (χ2v) is 9.12. The van der Waals surface area contributed by atoms with Gasteiger partial charge in [-0.2, -0.15) is 0 Å². The number of alkyl halides is 1. The molecule has 0 saturated carbocycles. The van der Waals surface area contributed by atoms with E-state index in [0.29, 0.717) is 22.5 Å². The van der Waals surface area contributed by atoms with Crippen LogP contribution < -0.4 is 15.4 Å². The highest BCUT2D eigenvalue weighted by molar-refractivity contribution is 7.92. The topological polar surface area (TPSA) is 100 Å². The molecule has 10 heteroatoms. The highest BCUT2D eigenvalue weighted by atomic mass is 32.2. The Kier molecular flexibility index (Phi) is 8.09. The van der Waals surface area contributed by atoms with Crippen molar-refractivity contribution in [2.45, 2.75) is 40.0 Å². The number of carbonyl (C=O) groups excluding carboxylic acids is 1. The molecule has 0 fully saturated rings. The summed E-state index contributed by atoms with van der Waals surface area (Å²) in [5.41, 5.74) is 1.67. The number of rotatable bonds is 9. The van der Waals surface area contributed by atoms with Crippen LogP contribution in [0.3, 0.4) is 0 Å². The molecular weight excluding hydrogens is 426 g/mol. The van der Waals surface area contributed by atoms with Crippen molar-refractivity contribution < 1.29 is 22.0 Å². The zero-order chi connectivity index (χ0) is 23.2. The van der Waals surface area contributed by atoms with Crippen molar-refractivity contribution in [2.75, 3.05) is 16.3 Å². The number of benzene rings is 1. The van der Waals surface area contributed by atoms with E-state index in [2.05, 4.69) is 20.3 Å². The fourth-order valence-electron chi connectivity index (χ4n) is 2.75. The Balaban J connectivity index is 2.08. The molecule has 168 valence electrons. The zero-order valence-electron chi connectivity index (χ0n) is 17.8. The lowest BCUT2D eigenvalue weighted by Gasteiger charge is -2.13. The average molecular weight is 453 g/mol. The smallest absolute Gasteiger partial charge is 0.244 e. The van der Waals surface area contributed by atoms with Gasteiger partial charge in [0.1, 0.15) is 18.3 Å². The van der Waals surface area contributed by atoms with E-state index in [4.69, 9.17) is 0 Å². The number of aryl methyl sites for hydroxylation is 1. The van der Waals surface area contributed by atoms with Crippen LogP contribution in [0, 0.1) is 12.7 Å². The second kappa shape index (κ2) is 10.3. The monoisotopic (exact) mass is 452 g/mol. The summed E-state index contributed by atoms with van der Waals surface area (Å²) in [6.07, 6.45) is 3.80. The van der Waals surface area contributed by atoms with Crippen LogP contribution in [-0.2, 0) is 28.0 Å². The molecular formula is C21H26F2N4O3S. The number of amides is 1. The van der Waals surface area contributed by atoms with Gasteiger partial charge in [-0.15, -0.1) is 0 Å². The molecule has 0 bridgehead atoms. The van der Waals surface area contributed by atoms with Crippen LogP contribution in [0.4, 0.5) is 20.3 Å². The van der Waals surface area contributed by atoms with Crippen molar-refractivity contribution in [3.63, 3.8) is 0 Å². The summed E-state index contributed by atoms with van der Waals surface area (Å²) in [7, 11) is -3.61. The molecule has 1 aromatic heterocycles. The van der Waals surface area contributed by atoms with Crippen molar-refractivity contribution in [3.05, 3.63) is 58.5 Å². The number of sulfonamides is 1. The highest BCUT2D eigenvalue weighted by Crippen LogP contribution is 2.22. The third-order valence-corrected chi connectivity index (χ3v) is 4.64. The predicted octanol–water partition coefficient (Wildman–Crippen LogP) is 3.52. The van der Waals surface area contributed by atoms with Crippen molar-refractivity contribution in [1.29, 1.82) is 0 Å². The van der Waals surface area contributed by atoms with Gasteiger partial charge >= 0.3 is 0 Å². The summed E-state index contributed by atoms with van der Waals surface area (Å²) in [6.45, 7) is 4.77. The molecule has 1 aromatic carbocycles. The number of pyridine rings is 1. The van der Waals surface area contributed by atoms with Gasteiger partial charge in [0, 0.05) is 24.2 Å². The standard InChI is InChI=1S/C21H26F2N4O3S/c1-13(2)25-21-16(5-7-17(11-22)26-21)6-8-19(28)24-12-15-9-14(3)20(18(23)10-15)27-31(4,29)30/h5-10,13,27H,11-12H2,1-4H3,(H,24,28)(H,25,26)/b8-6+. The summed E-state index contributed by atoms with van der Waals surface area (Å²) in [4.78, 5) is 16.4. The van der Waals surface area contributed by atoms with Crippen LogP contribution in [0.1, 0.15) is 36.2 Å². The number of halogens is 2. The third-order valence-electron chi connectivity index (χ3n) is 4.06. The number of nitrogens with zero attached hydrogens (tertiary/aromatic N) is 1. The number of anilines is 2. The van der Waals surface area contributed by atoms with E-state index in [-0.39, 0.29) is 24.0 Å². The van der Waals surface area contributed by atoms with Crippen molar-refractivity contribution in [2.24, 2.45) is 0 Å². The first kappa shape index (κ1) is 24.3. The maximum absolute atomic E-state index is 14.3. The van der Waals surface area contributed by atoms with Gasteiger partial charge in [-0.25, -0.2) is 22.2 Å². The van der Waals surface area contributed by atoms with E-state index in [9.17, 15) is 22.0 Å². The van der Waals surface area contributed by atoms with Gasteiger partial charge in [0.25, 0.3) is 0 Å². The first-order chi connectivity index (χ1) is 14.5. The molecule has 0 radical (unpaired) electrons. The average Bonchev–Trinajstić information content (AvgIpc) is 2.67. The summed E-state index contributed by atoms with van der Waals surface area (Å²) in [6, 6.07) is 6.03. The molecule has 7 nitrogen and oxygen atoms in total. The van der Waals surface area contributed by atoms with Crippen molar-refractivity contribution in [3.8, 4) is 0 Å². The maximum Gasteiger partial charge on any atom is 0.244 e. The van der Waals surface area contributed by atoms with E-state index >= 15 is 0 Å². The summed E-state index contributed by atoms with van der Waals surface area (Å²) >= 11 is 0. The molecule has 0 aliphatic heterocycles. The first-order valence-electron chi connectivity index (χ1n) is 9.53. The first-order valence-corrected chi connectivity index (χ1v) is 11.4. The summed E-state index contributed by atoms with van der Waals surface area (Å²) in [5.74, 6) is -0.670. The van der Waals surface area contributed by atoms with Gasteiger partial charge in [0.2, 0.25) is 15.9 Å². The van der Waals surface area contributed by atoms with Gasteiger partial charge in [-0.1, -0.05) is 6.07 Å². The highest BCUT2D eigenvalue weighted by Gasteiger charge is 2.12. The Hall–Kier alpha value is -3.01. The largest absolute Gasteiger partial charge is 0.367 e. The fourth-order valence-corrected chi connectivity index (χ4v) is 3.38. The molecule has 1 heterocycles. The van der Waals surface area contributed by atoms with Crippen molar-refractivity contribution in [1.82, 2.24) is 10.3 Å². The fraction of sp³-hybridized carbons (Fsp3) is 0.333. The normalized spacial score (nSPS) is 11.7. The number of hydrogen-bond donors (Lipinski definition) is 3. The molecule has 0 unspecified atom stereocenters. The number of hydrogen-bond acceptors (Lipinski definition) is 5. The molecule has 31 heavy (non-hydrogen) atoms. The Bertz CT molecular complexity index is 1060. The lowest BCUT2D eigenvalue weighted by molar-refractivity contribution is -0.116. The van der Waals surface area contributed by atoms with Gasteiger partial charge in [0.15, 0.2) is 0 Å². The Morgan fingerprint density at radius 3 is 2.55 bits per heavy atom. The van der Waals surface area contributed by atoms with E-state index < -0.39 is 28.4 Å². The lowest BCUT2D eigenvalue weighted by Crippen LogP contribution is -2.21. The van der Waals surface area contributed by atoms with E-state index in [1.54, 1.807) is 31.2 Å². The summed E-state index contributed by atoms with van der Waals surface area (Å²) < 4.78 is 52.0. The van der Waals surface area contributed by atoms with Crippen molar-refractivity contribution >= 4 is 33.5 Å². The predicted molar refractivity (Wildman–Crippen MR) is 118 cm³/mol. The molecule has 2 rings (SSSR count). The van der Waals surface area contributed by atoms with Gasteiger partial charge < -0.3 is 10.6 Å². The van der Waals surface area contributed by atoms with Gasteiger partial charge in [-0.3, -0.25) is 9.52 Å². The maximum atomic E-state index is 14.3. The Morgan fingerprint density at radius 1 is 1.26 bits per heavy atom. The molecule has 0 spiro atoms. The lowest BCUT2D eigenvalue weighted by atomic mass is 10.1. The third kappa shape index (κ3) is 7.63. The molecule has 2 aromatic rings. The zero-order valence-corrected chi connectivity index (χ0v) is 18.6. The molecule has 1 amide bonds. The van der Waals surface area contributed by atoms with E-state index in [1.165, 1.54) is 6.08 Å². The van der Waals surface area contributed by atoms with Crippen LogP contribution in [0.2, 0.25) is 0 Å². The molecule has 0 aliphatic carbocycles. The minimum Gasteiger partial charge on any atom is -0.367 e. The molecule has 0 aliphatic rings. The van der Waals surface area contributed by atoms with Gasteiger partial charge in [-0.05, 0) is 56.2 Å². The number of aromatic nitrogens is 1. The molecule has 3 N–H and O–H groups in total. The Labute approximate surface area is 181 Å². The minimum absolute atomic E-state index is 0.0518. The van der Waals surface area contributed by atoms with Crippen LogP contribution in [0.5, 0.6) is 0 Å². The van der Waals surface area contributed by atoms with Gasteiger partial charge in [0.05, 0.1) is 17.6 Å². The van der Waals surface area contributed by atoms with Crippen LogP contribution in [0.15, 0.2) is 30.3 Å². The second-order valence-electron chi connectivity index (χ2n) is 7.37. The molecule has 0 saturated heterocycles.